The maximum Gasteiger partial charge on any atom is 0.207 e. The minimum Gasteiger partial charge on any atom is -0.383 e. The number of nitrogens with zero attached hydrogens (tertiary/aromatic N) is 2. The van der Waals surface area contributed by atoms with Crippen molar-refractivity contribution >= 4 is 11.6 Å². The van der Waals surface area contributed by atoms with E-state index in [0.29, 0.717) is 12.5 Å². The maximum atomic E-state index is 5.24. The lowest BCUT2D eigenvalue weighted by Gasteiger charge is -2.16. The molecule has 0 aliphatic heterocycles. The van der Waals surface area contributed by atoms with Crippen LogP contribution >= 0.6 is 0 Å². The first-order valence-electron chi connectivity index (χ1n) is 7.42. The molecule has 0 bridgehead atoms. The molecule has 1 atom stereocenters. The zero-order valence-corrected chi connectivity index (χ0v) is 13.6. The van der Waals surface area contributed by atoms with Gasteiger partial charge in [-0.25, -0.2) is 4.98 Å². The van der Waals surface area contributed by atoms with Gasteiger partial charge in [0.15, 0.2) is 0 Å². The summed E-state index contributed by atoms with van der Waals surface area (Å²) < 4.78 is 7.36. The number of ether oxygens (including phenoxy) is 1. The topological polar surface area (TPSA) is 39.1 Å². The van der Waals surface area contributed by atoms with Gasteiger partial charge in [0.25, 0.3) is 0 Å². The number of rotatable bonds is 6. The van der Waals surface area contributed by atoms with Crippen LogP contribution in [0.15, 0.2) is 30.5 Å². The first-order valence-corrected chi connectivity index (χ1v) is 7.42. The Balaban J connectivity index is 2.19. The van der Waals surface area contributed by atoms with Crippen LogP contribution in [0.4, 0.5) is 11.6 Å². The lowest BCUT2D eigenvalue weighted by molar-refractivity contribution is 0.163. The highest BCUT2D eigenvalue weighted by atomic mass is 16.5. The fourth-order valence-electron chi connectivity index (χ4n) is 2.35. The highest BCUT2D eigenvalue weighted by Gasteiger charge is 2.12. The van der Waals surface area contributed by atoms with Crippen molar-refractivity contribution in [3.63, 3.8) is 0 Å². The maximum absolute atomic E-state index is 5.24. The Morgan fingerprint density at radius 1 is 1.19 bits per heavy atom. The number of imidazole rings is 1. The molecule has 0 radical (unpaired) electrons. The van der Waals surface area contributed by atoms with Crippen molar-refractivity contribution in [2.45, 2.75) is 39.7 Å². The van der Waals surface area contributed by atoms with E-state index in [-0.39, 0.29) is 6.04 Å². The third kappa shape index (κ3) is 3.85. The fraction of sp³-hybridized carbons (Fsp3) is 0.471. The van der Waals surface area contributed by atoms with Crippen LogP contribution in [0.1, 0.15) is 44.0 Å². The first-order chi connectivity index (χ1) is 10.0. The molecule has 4 nitrogen and oxygen atoms in total. The molecule has 2 aromatic rings. The van der Waals surface area contributed by atoms with Gasteiger partial charge in [0.1, 0.15) is 0 Å². The van der Waals surface area contributed by atoms with E-state index >= 15 is 0 Å². The second kappa shape index (κ2) is 6.76. The lowest BCUT2D eigenvalue weighted by atomic mass is 10.0. The second-order valence-electron chi connectivity index (χ2n) is 5.82. The minimum atomic E-state index is 0.244. The molecular weight excluding hydrogens is 262 g/mol. The molecule has 1 aromatic heterocycles. The third-order valence-corrected chi connectivity index (χ3v) is 3.57. The standard InChI is InChI=1S/C17H25N3O/c1-12(2)15-6-8-16(9-7-15)19-17-18-13(3)10-20(17)14(4)11-21-5/h6-10,12,14H,11H2,1-5H3,(H,18,19). The predicted octanol–water partition coefficient (Wildman–Crippen LogP) is 4.27. The Kier molecular flexibility index (Phi) is 5.02. The van der Waals surface area contributed by atoms with Gasteiger partial charge in [0.05, 0.1) is 18.3 Å². The van der Waals surface area contributed by atoms with Crippen LogP contribution in [0.5, 0.6) is 0 Å². The van der Waals surface area contributed by atoms with Crippen LogP contribution in [0.25, 0.3) is 0 Å². The summed E-state index contributed by atoms with van der Waals surface area (Å²) in [6.07, 6.45) is 2.05. The van der Waals surface area contributed by atoms with Crippen molar-refractivity contribution in [1.29, 1.82) is 0 Å². The summed E-state index contributed by atoms with van der Waals surface area (Å²) in [6, 6.07) is 8.76. The molecule has 0 saturated heterocycles. The average Bonchev–Trinajstić information content (AvgIpc) is 2.80. The number of aromatic nitrogens is 2. The summed E-state index contributed by atoms with van der Waals surface area (Å²) in [5, 5.41) is 3.40. The van der Waals surface area contributed by atoms with Crippen molar-refractivity contribution in [3.8, 4) is 0 Å². The van der Waals surface area contributed by atoms with Crippen molar-refractivity contribution in [2.75, 3.05) is 19.0 Å². The number of aryl methyl sites for hydroxylation is 1. The Morgan fingerprint density at radius 3 is 2.43 bits per heavy atom. The molecule has 0 aliphatic carbocycles. The quantitative estimate of drug-likeness (QED) is 0.862. The van der Waals surface area contributed by atoms with Gasteiger partial charge in [-0.05, 0) is 37.5 Å². The monoisotopic (exact) mass is 287 g/mol. The van der Waals surface area contributed by atoms with Crippen molar-refractivity contribution < 1.29 is 4.74 Å². The van der Waals surface area contributed by atoms with Gasteiger partial charge in [-0.3, -0.25) is 0 Å². The molecule has 0 fully saturated rings. The van der Waals surface area contributed by atoms with E-state index in [9.17, 15) is 0 Å². The summed E-state index contributed by atoms with van der Waals surface area (Å²) in [4.78, 5) is 4.56. The largest absolute Gasteiger partial charge is 0.383 e. The highest BCUT2D eigenvalue weighted by molar-refractivity contribution is 5.54. The molecule has 1 aromatic carbocycles. The van der Waals surface area contributed by atoms with Crippen LogP contribution < -0.4 is 5.32 Å². The van der Waals surface area contributed by atoms with Gasteiger partial charge >= 0.3 is 0 Å². The molecular formula is C17H25N3O. The number of methoxy groups -OCH3 is 1. The van der Waals surface area contributed by atoms with E-state index in [1.54, 1.807) is 7.11 Å². The van der Waals surface area contributed by atoms with E-state index in [0.717, 1.165) is 17.3 Å². The Morgan fingerprint density at radius 2 is 1.86 bits per heavy atom. The van der Waals surface area contributed by atoms with Gasteiger partial charge in [-0.2, -0.15) is 0 Å². The molecule has 0 aliphatic rings. The van der Waals surface area contributed by atoms with Gasteiger partial charge in [-0.1, -0.05) is 26.0 Å². The van der Waals surface area contributed by atoms with Crippen LogP contribution in [0, 0.1) is 6.92 Å². The Labute approximate surface area is 127 Å². The molecule has 114 valence electrons. The predicted molar refractivity (Wildman–Crippen MR) is 87.4 cm³/mol. The Bertz CT molecular complexity index is 572. The summed E-state index contributed by atoms with van der Waals surface area (Å²) in [7, 11) is 1.72. The van der Waals surface area contributed by atoms with Crippen LogP contribution in [0.3, 0.4) is 0 Å². The minimum absolute atomic E-state index is 0.244. The molecule has 1 heterocycles. The molecule has 2 rings (SSSR count). The number of benzene rings is 1. The smallest absolute Gasteiger partial charge is 0.207 e. The van der Waals surface area contributed by atoms with E-state index in [2.05, 4.69) is 66.1 Å². The third-order valence-electron chi connectivity index (χ3n) is 3.57. The summed E-state index contributed by atoms with van der Waals surface area (Å²) in [6.45, 7) is 9.19. The van der Waals surface area contributed by atoms with Gasteiger partial charge < -0.3 is 14.6 Å². The molecule has 1 unspecified atom stereocenters. The normalized spacial score (nSPS) is 12.7. The molecule has 0 amide bonds. The molecule has 4 heteroatoms. The number of hydrogen-bond donors (Lipinski definition) is 1. The zero-order valence-electron chi connectivity index (χ0n) is 13.6. The van der Waals surface area contributed by atoms with Gasteiger partial charge in [0.2, 0.25) is 5.95 Å². The summed E-state index contributed by atoms with van der Waals surface area (Å²) in [5.41, 5.74) is 3.39. The van der Waals surface area contributed by atoms with Crippen LogP contribution in [-0.4, -0.2) is 23.3 Å². The van der Waals surface area contributed by atoms with E-state index < -0.39 is 0 Å². The van der Waals surface area contributed by atoms with Crippen molar-refractivity contribution in [1.82, 2.24) is 9.55 Å². The Hall–Kier alpha value is -1.81. The second-order valence-corrected chi connectivity index (χ2v) is 5.82. The molecule has 1 N–H and O–H groups in total. The van der Waals surface area contributed by atoms with Crippen molar-refractivity contribution in [3.05, 3.63) is 41.7 Å². The average molecular weight is 287 g/mol. The summed E-state index contributed by atoms with van der Waals surface area (Å²) >= 11 is 0. The molecule has 0 spiro atoms. The number of hydrogen-bond acceptors (Lipinski definition) is 3. The van der Waals surface area contributed by atoms with Gasteiger partial charge in [0, 0.05) is 19.0 Å². The number of anilines is 2. The summed E-state index contributed by atoms with van der Waals surface area (Å²) in [5.74, 6) is 1.40. The number of nitrogens with one attached hydrogen (secondary N) is 1. The van der Waals surface area contributed by atoms with Crippen LogP contribution in [-0.2, 0) is 4.74 Å². The van der Waals surface area contributed by atoms with E-state index in [1.807, 2.05) is 6.92 Å². The first kappa shape index (κ1) is 15.6. The van der Waals surface area contributed by atoms with Crippen LogP contribution in [0.2, 0.25) is 0 Å². The zero-order chi connectivity index (χ0) is 15.4. The fourth-order valence-corrected chi connectivity index (χ4v) is 2.35. The molecule has 21 heavy (non-hydrogen) atoms. The highest BCUT2D eigenvalue weighted by Crippen LogP contribution is 2.22. The molecule has 0 saturated carbocycles. The SMILES string of the molecule is COCC(C)n1cc(C)nc1Nc1ccc(C(C)C)cc1. The van der Waals surface area contributed by atoms with Gasteiger partial charge in [-0.15, -0.1) is 0 Å². The van der Waals surface area contributed by atoms with E-state index in [1.165, 1.54) is 5.56 Å². The van der Waals surface area contributed by atoms with Crippen molar-refractivity contribution in [2.24, 2.45) is 0 Å². The lowest BCUT2D eigenvalue weighted by Crippen LogP contribution is -2.12. The van der Waals surface area contributed by atoms with E-state index in [4.69, 9.17) is 4.74 Å².